The van der Waals surface area contributed by atoms with Gasteiger partial charge in [-0.05, 0) is 53.4 Å². The zero-order valence-electron chi connectivity index (χ0n) is 12.6. The summed E-state index contributed by atoms with van der Waals surface area (Å²) in [6, 6.07) is 16.3. The number of likely N-dealkylation sites (tertiary alicyclic amines) is 1. The van der Waals surface area contributed by atoms with Crippen molar-refractivity contribution >= 4 is 27.6 Å². The minimum absolute atomic E-state index is 0.0324. The van der Waals surface area contributed by atoms with Gasteiger partial charge in [-0.15, -0.1) is 0 Å². The number of nitrogens with one attached hydrogen (secondary N) is 1. The number of rotatable bonds is 2. The van der Waals surface area contributed by atoms with Crippen LogP contribution in [0.15, 0.2) is 53.0 Å². The maximum atomic E-state index is 12.6. The van der Waals surface area contributed by atoms with E-state index in [9.17, 15) is 4.79 Å². The molecular formula is C18H19BrN2O. The first-order chi connectivity index (χ1) is 10.6. The molecule has 1 unspecified atom stereocenters. The van der Waals surface area contributed by atoms with Gasteiger partial charge in [0.05, 0.1) is 11.7 Å². The normalized spacial score (nSPS) is 17.5. The lowest BCUT2D eigenvalue weighted by Gasteiger charge is -2.25. The molecule has 2 aromatic carbocycles. The summed E-state index contributed by atoms with van der Waals surface area (Å²) in [6.07, 6.45) is 2.06. The average Bonchev–Trinajstić information content (AvgIpc) is 3.00. The van der Waals surface area contributed by atoms with Gasteiger partial charge in [0.25, 0.3) is 0 Å². The SMILES string of the molecule is Cc1ccc(C2CCCN2C(=O)Nc2ccccc2Br)cc1. The molecule has 1 N–H and O–H groups in total. The number of halogens is 1. The van der Waals surface area contributed by atoms with Crippen LogP contribution < -0.4 is 5.32 Å². The Morgan fingerprint density at radius 1 is 1.18 bits per heavy atom. The Bertz CT molecular complexity index is 669. The molecule has 3 rings (SSSR count). The van der Waals surface area contributed by atoms with E-state index in [1.165, 1.54) is 11.1 Å². The zero-order valence-corrected chi connectivity index (χ0v) is 14.1. The quantitative estimate of drug-likeness (QED) is 0.792. The van der Waals surface area contributed by atoms with Crippen LogP contribution in [0, 0.1) is 6.92 Å². The Balaban J connectivity index is 1.76. The maximum absolute atomic E-state index is 12.6. The Morgan fingerprint density at radius 2 is 1.91 bits per heavy atom. The van der Waals surface area contributed by atoms with E-state index in [4.69, 9.17) is 0 Å². The molecule has 1 saturated heterocycles. The number of carbonyl (C=O) groups excluding carboxylic acids is 1. The largest absolute Gasteiger partial charge is 0.322 e. The smallest absolute Gasteiger partial charge is 0.317 e. The van der Waals surface area contributed by atoms with Crippen LogP contribution in [0.4, 0.5) is 10.5 Å². The lowest BCUT2D eigenvalue weighted by Crippen LogP contribution is -2.34. The molecule has 1 fully saturated rings. The van der Waals surface area contributed by atoms with Crippen LogP contribution in [0.25, 0.3) is 0 Å². The van der Waals surface area contributed by atoms with Gasteiger partial charge in [0.2, 0.25) is 0 Å². The van der Waals surface area contributed by atoms with Crippen LogP contribution in [0.3, 0.4) is 0 Å². The van der Waals surface area contributed by atoms with Crippen molar-refractivity contribution < 1.29 is 4.79 Å². The van der Waals surface area contributed by atoms with Gasteiger partial charge in [0.15, 0.2) is 0 Å². The first-order valence-electron chi connectivity index (χ1n) is 7.54. The summed E-state index contributed by atoms with van der Waals surface area (Å²) in [5, 5.41) is 3.00. The Hall–Kier alpha value is -1.81. The number of hydrogen-bond donors (Lipinski definition) is 1. The number of hydrogen-bond acceptors (Lipinski definition) is 1. The molecule has 0 saturated carbocycles. The molecule has 0 bridgehead atoms. The molecule has 0 aromatic heterocycles. The molecule has 114 valence electrons. The average molecular weight is 359 g/mol. The summed E-state index contributed by atoms with van der Waals surface area (Å²) in [7, 11) is 0. The Morgan fingerprint density at radius 3 is 2.64 bits per heavy atom. The van der Waals surface area contributed by atoms with E-state index in [2.05, 4.69) is 52.4 Å². The monoisotopic (exact) mass is 358 g/mol. The third-order valence-corrected chi connectivity index (χ3v) is 4.78. The minimum Gasteiger partial charge on any atom is -0.317 e. The molecule has 2 amide bonds. The van der Waals surface area contributed by atoms with Gasteiger partial charge in [-0.2, -0.15) is 0 Å². The summed E-state index contributed by atoms with van der Waals surface area (Å²) in [4.78, 5) is 14.5. The number of urea groups is 1. The summed E-state index contributed by atoms with van der Waals surface area (Å²) in [5.41, 5.74) is 3.26. The van der Waals surface area contributed by atoms with Crippen molar-refractivity contribution in [1.29, 1.82) is 0 Å². The van der Waals surface area contributed by atoms with Gasteiger partial charge in [-0.3, -0.25) is 0 Å². The molecule has 0 spiro atoms. The second-order valence-corrected chi connectivity index (χ2v) is 6.53. The van der Waals surface area contributed by atoms with Crippen molar-refractivity contribution in [2.24, 2.45) is 0 Å². The minimum atomic E-state index is -0.0324. The van der Waals surface area contributed by atoms with Gasteiger partial charge in [-0.25, -0.2) is 4.79 Å². The lowest BCUT2D eigenvalue weighted by molar-refractivity contribution is 0.207. The van der Waals surface area contributed by atoms with E-state index in [0.29, 0.717) is 0 Å². The zero-order chi connectivity index (χ0) is 15.5. The van der Waals surface area contributed by atoms with E-state index in [-0.39, 0.29) is 12.1 Å². The van der Waals surface area contributed by atoms with Crippen molar-refractivity contribution in [3.05, 3.63) is 64.1 Å². The Labute approximate surface area is 139 Å². The van der Waals surface area contributed by atoms with Crippen LogP contribution in [-0.4, -0.2) is 17.5 Å². The Kier molecular flexibility index (Phi) is 4.48. The van der Waals surface area contributed by atoms with Crippen molar-refractivity contribution in [3.8, 4) is 0 Å². The van der Waals surface area contributed by atoms with Crippen molar-refractivity contribution in [1.82, 2.24) is 4.90 Å². The van der Waals surface area contributed by atoms with E-state index in [0.717, 1.165) is 29.5 Å². The molecular weight excluding hydrogens is 340 g/mol. The highest BCUT2D eigenvalue weighted by Crippen LogP contribution is 2.33. The fourth-order valence-corrected chi connectivity index (χ4v) is 3.28. The van der Waals surface area contributed by atoms with Crippen LogP contribution in [0.2, 0.25) is 0 Å². The third-order valence-electron chi connectivity index (χ3n) is 4.09. The van der Waals surface area contributed by atoms with E-state index in [1.54, 1.807) is 0 Å². The predicted molar refractivity (Wildman–Crippen MR) is 93.0 cm³/mol. The summed E-state index contributed by atoms with van der Waals surface area (Å²) >= 11 is 3.47. The maximum Gasteiger partial charge on any atom is 0.322 e. The third kappa shape index (κ3) is 3.17. The van der Waals surface area contributed by atoms with Gasteiger partial charge in [0.1, 0.15) is 0 Å². The summed E-state index contributed by atoms with van der Waals surface area (Å²) in [5.74, 6) is 0. The standard InChI is InChI=1S/C18H19BrN2O/c1-13-8-10-14(11-9-13)17-7-4-12-21(17)18(22)20-16-6-3-2-5-15(16)19/h2-3,5-6,8-11,17H,4,7,12H2,1H3,(H,20,22). The summed E-state index contributed by atoms with van der Waals surface area (Å²) < 4.78 is 0.898. The molecule has 3 nitrogen and oxygen atoms in total. The topological polar surface area (TPSA) is 32.3 Å². The number of carbonyl (C=O) groups is 1. The molecule has 4 heteroatoms. The van der Waals surface area contributed by atoms with E-state index in [1.807, 2.05) is 29.2 Å². The predicted octanol–water partition coefficient (Wildman–Crippen LogP) is 5.13. The molecule has 1 aliphatic rings. The van der Waals surface area contributed by atoms with Gasteiger partial charge < -0.3 is 10.2 Å². The van der Waals surface area contributed by atoms with Crippen molar-refractivity contribution in [2.75, 3.05) is 11.9 Å². The second kappa shape index (κ2) is 6.53. The molecule has 2 aromatic rings. The fourth-order valence-electron chi connectivity index (χ4n) is 2.89. The second-order valence-electron chi connectivity index (χ2n) is 5.67. The molecule has 22 heavy (non-hydrogen) atoms. The van der Waals surface area contributed by atoms with Crippen LogP contribution in [0.1, 0.15) is 30.0 Å². The van der Waals surface area contributed by atoms with Crippen LogP contribution >= 0.6 is 15.9 Å². The molecule has 0 radical (unpaired) electrons. The highest BCUT2D eigenvalue weighted by atomic mass is 79.9. The number of nitrogens with zero attached hydrogens (tertiary/aromatic N) is 1. The van der Waals surface area contributed by atoms with Crippen molar-refractivity contribution in [2.45, 2.75) is 25.8 Å². The van der Waals surface area contributed by atoms with E-state index < -0.39 is 0 Å². The summed E-state index contributed by atoms with van der Waals surface area (Å²) in [6.45, 7) is 2.88. The molecule has 1 aliphatic heterocycles. The lowest BCUT2D eigenvalue weighted by atomic mass is 10.0. The number of anilines is 1. The number of para-hydroxylation sites is 1. The first kappa shape index (κ1) is 15.1. The van der Waals surface area contributed by atoms with Crippen molar-refractivity contribution in [3.63, 3.8) is 0 Å². The first-order valence-corrected chi connectivity index (χ1v) is 8.33. The number of amides is 2. The molecule has 0 aliphatic carbocycles. The van der Waals surface area contributed by atoms with Crippen LogP contribution in [0.5, 0.6) is 0 Å². The number of benzene rings is 2. The van der Waals surface area contributed by atoms with Gasteiger partial charge in [-0.1, -0.05) is 42.0 Å². The fraction of sp³-hybridized carbons (Fsp3) is 0.278. The van der Waals surface area contributed by atoms with Gasteiger partial charge in [0, 0.05) is 11.0 Å². The number of aryl methyl sites for hydroxylation is 1. The highest BCUT2D eigenvalue weighted by Gasteiger charge is 2.30. The highest BCUT2D eigenvalue weighted by molar-refractivity contribution is 9.10. The van der Waals surface area contributed by atoms with E-state index >= 15 is 0 Å². The molecule has 1 atom stereocenters. The molecule has 1 heterocycles. The van der Waals surface area contributed by atoms with Crippen LogP contribution in [-0.2, 0) is 0 Å². The van der Waals surface area contributed by atoms with Gasteiger partial charge >= 0.3 is 6.03 Å².